The number of nitrogens with two attached hydrogens (primary N) is 1. The third kappa shape index (κ3) is 3.01. The van der Waals surface area contributed by atoms with Gasteiger partial charge in [0.25, 0.3) is 0 Å². The number of hydrogen-bond donors (Lipinski definition) is 1. The van der Waals surface area contributed by atoms with Crippen molar-refractivity contribution in [3.05, 3.63) is 34.9 Å². The van der Waals surface area contributed by atoms with Gasteiger partial charge in [0.2, 0.25) is 0 Å². The number of rotatable bonds is 3. The lowest BCUT2D eigenvalue weighted by Gasteiger charge is -2.07. The second-order valence-corrected chi connectivity index (χ2v) is 3.39. The first kappa shape index (κ1) is 11.0. The molecule has 1 atom stereocenters. The summed E-state index contributed by atoms with van der Waals surface area (Å²) >= 11 is 5.86. The molecule has 2 N–H and O–H groups in total. The van der Waals surface area contributed by atoms with E-state index >= 15 is 0 Å². The smallest absolute Gasteiger partial charge is 0.322 e. The van der Waals surface area contributed by atoms with E-state index in [1.165, 1.54) is 0 Å². The van der Waals surface area contributed by atoms with Crippen LogP contribution >= 0.6 is 11.6 Å². The number of halogens is 1. The summed E-state index contributed by atoms with van der Waals surface area (Å²) in [7, 11) is 0. The highest BCUT2D eigenvalue weighted by atomic mass is 35.5. The van der Waals surface area contributed by atoms with Gasteiger partial charge in [-0.1, -0.05) is 29.8 Å². The monoisotopic (exact) mass is 213 g/mol. The highest BCUT2D eigenvalue weighted by Gasteiger charge is 2.09. The predicted molar refractivity (Wildman–Crippen MR) is 54.9 cm³/mol. The van der Waals surface area contributed by atoms with E-state index in [2.05, 4.69) is 0 Å². The lowest BCUT2D eigenvalue weighted by Crippen LogP contribution is -2.28. The predicted octanol–water partition coefficient (Wildman–Crippen LogP) is 1.73. The van der Waals surface area contributed by atoms with Crippen LogP contribution in [0.5, 0.6) is 0 Å². The van der Waals surface area contributed by atoms with Crippen molar-refractivity contribution in [2.24, 2.45) is 5.73 Å². The Kier molecular flexibility index (Phi) is 3.92. The van der Waals surface area contributed by atoms with Crippen LogP contribution in [0, 0.1) is 0 Å². The first-order chi connectivity index (χ1) is 6.61. The van der Waals surface area contributed by atoms with E-state index < -0.39 is 12.0 Å². The highest BCUT2D eigenvalue weighted by molar-refractivity contribution is 6.31. The number of benzene rings is 1. The van der Waals surface area contributed by atoms with Crippen molar-refractivity contribution < 1.29 is 9.53 Å². The van der Waals surface area contributed by atoms with Crippen molar-refractivity contribution in [3.63, 3.8) is 0 Å². The normalized spacial score (nSPS) is 12.2. The van der Waals surface area contributed by atoms with Crippen LogP contribution in [0.15, 0.2) is 24.3 Å². The summed E-state index contributed by atoms with van der Waals surface area (Å²) in [6, 6.07) is 6.60. The average Bonchev–Trinajstić information content (AvgIpc) is 2.16. The Balaban J connectivity index is 2.54. The fourth-order valence-electron chi connectivity index (χ4n) is 0.896. The molecule has 0 aliphatic carbocycles. The van der Waals surface area contributed by atoms with Gasteiger partial charge in [-0.2, -0.15) is 0 Å². The Morgan fingerprint density at radius 3 is 2.79 bits per heavy atom. The SMILES string of the molecule is C[C@H](N)C(=O)OCc1ccccc1Cl. The first-order valence-corrected chi connectivity index (χ1v) is 4.64. The molecule has 0 unspecified atom stereocenters. The van der Waals surface area contributed by atoms with Gasteiger partial charge < -0.3 is 10.5 Å². The van der Waals surface area contributed by atoms with Gasteiger partial charge in [-0.15, -0.1) is 0 Å². The minimum Gasteiger partial charge on any atom is -0.460 e. The van der Waals surface area contributed by atoms with Crippen LogP contribution in [-0.4, -0.2) is 12.0 Å². The van der Waals surface area contributed by atoms with Crippen molar-refractivity contribution in [2.45, 2.75) is 19.6 Å². The van der Waals surface area contributed by atoms with E-state index in [-0.39, 0.29) is 6.61 Å². The Hall–Kier alpha value is -1.06. The summed E-state index contributed by atoms with van der Waals surface area (Å²) in [5.41, 5.74) is 6.11. The quantitative estimate of drug-likeness (QED) is 0.778. The largest absolute Gasteiger partial charge is 0.460 e. The van der Waals surface area contributed by atoms with E-state index in [0.29, 0.717) is 5.02 Å². The molecule has 3 nitrogen and oxygen atoms in total. The van der Waals surface area contributed by atoms with Gasteiger partial charge in [-0.3, -0.25) is 4.79 Å². The molecule has 1 aromatic rings. The van der Waals surface area contributed by atoms with Gasteiger partial charge in [0.15, 0.2) is 0 Å². The third-order valence-electron chi connectivity index (χ3n) is 1.70. The highest BCUT2D eigenvalue weighted by Crippen LogP contribution is 2.15. The van der Waals surface area contributed by atoms with E-state index in [1.54, 1.807) is 19.1 Å². The minimum atomic E-state index is -0.600. The zero-order valence-corrected chi connectivity index (χ0v) is 8.62. The zero-order chi connectivity index (χ0) is 10.6. The first-order valence-electron chi connectivity index (χ1n) is 4.27. The lowest BCUT2D eigenvalue weighted by molar-refractivity contribution is -0.146. The van der Waals surface area contributed by atoms with Crippen molar-refractivity contribution in [1.82, 2.24) is 0 Å². The number of esters is 1. The van der Waals surface area contributed by atoms with Crippen molar-refractivity contribution in [2.75, 3.05) is 0 Å². The molecule has 0 spiro atoms. The van der Waals surface area contributed by atoms with Crippen LogP contribution in [0.2, 0.25) is 5.02 Å². The minimum absolute atomic E-state index is 0.167. The molecule has 0 bridgehead atoms. The fourth-order valence-corrected chi connectivity index (χ4v) is 1.09. The van der Waals surface area contributed by atoms with Crippen LogP contribution in [0.1, 0.15) is 12.5 Å². The van der Waals surface area contributed by atoms with Crippen molar-refractivity contribution in [1.29, 1.82) is 0 Å². The maximum atomic E-state index is 11.0. The lowest BCUT2D eigenvalue weighted by atomic mass is 10.2. The maximum Gasteiger partial charge on any atom is 0.322 e. The molecule has 14 heavy (non-hydrogen) atoms. The van der Waals surface area contributed by atoms with Crippen molar-refractivity contribution >= 4 is 17.6 Å². The number of carbonyl (C=O) groups is 1. The summed E-state index contributed by atoms with van der Waals surface area (Å²) in [6.07, 6.45) is 0. The molecule has 0 fully saturated rings. The topological polar surface area (TPSA) is 52.3 Å². The van der Waals surface area contributed by atoms with Gasteiger partial charge in [-0.05, 0) is 13.0 Å². The van der Waals surface area contributed by atoms with Crippen LogP contribution in [0.25, 0.3) is 0 Å². The molecule has 0 aromatic heterocycles. The van der Waals surface area contributed by atoms with E-state index in [0.717, 1.165) is 5.56 Å². The van der Waals surface area contributed by atoms with Crippen LogP contribution in [0.4, 0.5) is 0 Å². The molecular weight excluding hydrogens is 202 g/mol. The molecule has 0 heterocycles. The third-order valence-corrected chi connectivity index (χ3v) is 2.07. The van der Waals surface area contributed by atoms with Crippen LogP contribution in [0.3, 0.4) is 0 Å². The molecule has 0 saturated heterocycles. The zero-order valence-electron chi connectivity index (χ0n) is 7.87. The average molecular weight is 214 g/mol. The molecule has 1 aromatic carbocycles. The van der Waals surface area contributed by atoms with Gasteiger partial charge in [0.1, 0.15) is 12.6 Å². The van der Waals surface area contributed by atoms with E-state index in [1.807, 2.05) is 12.1 Å². The molecule has 0 aliphatic heterocycles. The fraction of sp³-hybridized carbons (Fsp3) is 0.300. The molecule has 76 valence electrons. The summed E-state index contributed by atoms with van der Waals surface area (Å²) in [5, 5.41) is 0.588. The van der Waals surface area contributed by atoms with Gasteiger partial charge in [0.05, 0.1) is 0 Å². The van der Waals surface area contributed by atoms with Crippen LogP contribution in [-0.2, 0) is 16.1 Å². The second-order valence-electron chi connectivity index (χ2n) is 2.99. The summed E-state index contributed by atoms with van der Waals surface area (Å²) < 4.78 is 4.92. The summed E-state index contributed by atoms with van der Waals surface area (Å²) in [4.78, 5) is 11.0. The molecular formula is C10H12ClNO2. The molecule has 0 saturated carbocycles. The number of hydrogen-bond acceptors (Lipinski definition) is 3. The Labute approximate surface area is 87.8 Å². The van der Waals surface area contributed by atoms with Gasteiger partial charge in [-0.25, -0.2) is 0 Å². The number of carbonyl (C=O) groups excluding carboxylic acids is 1. The van der Waals surface area contributed by atoms with Crippen molar-refractivity contribution in [3.8, 4) is 0 Å². The standard InChI is InChI=1S/C10H12ClNO2/c1-7(12)10(13)14-6-8-4-2-3-5-9(8)11/h2-5,7H,6,12H2,1H3/t7-/m0/s1. The van der Waals surface area contributed by atoms with Gasteiger partial charge >= 0.3 is 5.97 Å². The maximum absolute atomic E-state index is 11.0. The number of ether oxygens (including phenoxy) is 1. The molecule has 4 heteroatoms. The Morgan fingerprint density at radius 2 is 2.21 bits per heavy atom. The van der Waals surface area contributed by atoms with Gasteiger partial charge in [0, 0.05) is 10.6 Å². The van der Waals surface area contributed by atoms with Crippen LogP contribution < -0.4 is 5.73 Å². The molecule has 0 radical (unpaired) electrons. The molecule has 0 aliphatic rings. The Bertz CT molecular complexity index is 326. The second kappa shape index (κ2) is 4.98. The molecule has 1 rings (SSSR count). The van der Waals surface area contributed by atoms with E-state index in [4.69, 9.17) is 22.1 Å². The summed E-state index contributed by atoms with van der Waals surface area (Å²) in [5.74, 6) is -0.426. The molecule has 0 amide bonds. The Morgan fingerprint density at radius 1 is 1.57 bits per heavy atom. The van der Waals surface area contributed by atoms with E-state index in [9.17, 15) is 4.79 Å². The summed E-state index contributed by atoms with van der Waals surface area (Å²) in [6.45, 7) is 1.75.